The number of carbonyl (C=O) groups excluding carboxylic acids is 2. The maximum absolute atomic E-state index is 11.8. The second-order valence-electron chi connectivity index (χ2n) is 5.37. The third kappa shape index (κ3) is 4.35. The SMILES string of the molecule is COC(=O)C(CNCC(C)(C)C(N)=O)c1ccccc1. The molecule has 0 aliphatic carbocycles. The van der Waals surface area contributed by atoms with Crippen molar-refractivity contribution < 1.29 is 14.3 Å². The first-order chi connectivity index (χ1) is 9.38. The molecule has 1 amide bonds. The number of primary amides is 1. The maximum atomic E-state index is 11.8. The third-order valence-electron chi connectivity index (χ3n) is 3.27. The monoisotopic (exact) mass is 278 g/mol. The van der Waals surface area contributed by atoms with E-state index in [0.29, 0.717) is 13.1 Å². The van der Waals surface area contributed by atoms with Crippen LogP contribution in [-0.4, -0.2) is 32.1 Å². The number of hydrogen-bond acceptors (Lipinski definition) is 4. The van der Waals surface area contributed by atoms with E-state index in [1.807, 2.05) is 30.3 Å². The lowest BCUT2D eigenvalue weighted by atomic mass is 9.92. The Labute approximate surface area is 119 Å². The van der Waals surface area contributed by atoms with E-state index in [1.54, 1.807) is 13.8 Å². The molecule has 0 saturated carbocycles. The van der Waals surface area contributed by atoms with Gasteiger partial charge in [-0.15, -0.1) is 0 Å². The Hall–Kier alpha value is -1.88. The first kappa shape index (κ1) is 16.2. The molecule has 0 fully saturated rings. The molecule has 0 saturated heterocycles. The largest absolute Gasteiger partial charge is 0.469 e. The zero-order valence-electron chi connectivity index (χ0n) is 12.2. The number of ether oxygens (including phenoxy) is 1. The summed E-state index contributed by atoms with van der Waals surface area (Å²) in [5.41, 5.74) is 5.54. The molecule has 5 nitrogen and oxygen atoms in total. The average Bonchev–Trinajstić information content (AvgIpc) is 2.43. The van der Waals surface area contributed by atoms with Crippen LogP contribution in [0.25, 0.3) is 0 Å². The number of amides is 1. The molecule has 0 aliphatic heterocycles. The number of rotatable bonds is 7. The molecule has 0 heterocycles. The number of nitrogens with two attached hydrogens (primary N) is 1. The lowest BCUT2D eigenvalue weighted by Crippen LogP contribution is -2.42. The highest BCUT2D eigenvalue weighted by atomic mass is 16.5. The summed E-state index contributed by atoms with van der Waals surface area (Å²) in [5, 5.41) is 3.12. The third-order valence-corrected chi connectivity index (χ3v) is 3.27. The molecule has 1 atom stereocenters. The number of hydrogen-bond donors (Lipinski definition) is 2. The number of esters is 1. The van der Waals surface area contributed by atoms with Crippen LogP contribution in [-0.2, 0) is 14.3 Å². The fourth-order valence-electron chi connectivity index (χ4n) is 1.78. The fraction of sp³-hybridized carbons (Fsp3) is 0.467. The molecule has 1 unspecified atom stereocenters. The molecule has 5 heteroatoms. The predicted molar refractivity (Wildman–Crippen MR) is 77.0 cm³/mol. The van der Waals surface area contributed by atoms with Crippen LogP contribution in [0.3, 0.4) is 0 Å². The van der Waals surface area contributed by atoms with Gasteiger partial charge in [0, 0.05) is 13.1 Å². The van der Waals surface area contributed by atoms with Crippen molar-refractivity contribution >= 4 is 11.9 Å². The first-order valence-corrected chi connectivity index (χ1v) is 6.52. The van der Waals surface area contributed by atoms with E-state index in [1.165, 1.54) is 7.11 Å². The summed E-state index contributed by atoms with van der Waals surface area (Å²) >= 11 is 0. The second kappa shape index (κ2) is 7.05. The zero-order chi connectivity index (χ0) is 15.2. The first-order valence-electron chi connectivity index (χ1n) is 6.52. The molecule has 0 aromatic heterocycles. The van der Waals surface area contributed by atoms with Gasteiger partial charge in [-0.25, -0.2) is 0 Å². The Morgan fingerprint density at radius 2 is 1.90 bits per heavy atom. The highest BCUT2D eigenvalue weighted by Gasteiger charge is 2.26. The van der Waals surface area contributed by atoms with E-state index >= 15 is 0 Å². The van der Waals surface area contributed by atoms with Crippen molar-refractivity contribution in [3.63, 3.8) is 0 Å². The van der Waals surface area contributed by atoms with Crippen LogP contribution in [0.5, 0.6) is 0 Å². The van der Waals surface area contributed by atoms with Crippen molar-refractivity contribution in [2.24, 2.45) is 11.1 Å². The van der Waals surface area contributed by atoms with Gasteiger partial charge in [-0.05, 0) is 19.4 Å². The second-order valence-corrected chi connectivity index (χ2v) is 5.37. The molecule has 1 aromatic rings. The Bertz CT molecular complexity index is 457. The van der Waals surface area contributed by atoms with Crippen LogP contribution in [0, 0.1) is 5.41 Å². The summed E-state index contributed by atoms with van der Waals surface area (Å²) in [7, 11) is 1.37. The molecule has 20 heavy (non-hydrogen) atoms. The Morgan fingerprint density at radius 1 is 1.30 bits per heavy atom. The topological polar surface area (TPSA) is 81.4 Å². The van der Waals surface area contributed by atoms with E-state index < -0.39 is 11.3 Å². The number of methoxy groups -OCH3 is 1. The fourth-order valence-corrected chi connectivity index (χ4v) is 1.78. The van der Waals surface area contributed by atoms with Crippen LogP contribution in [0.15, 0.2) is 30.3 Å². The van der Waals surface area contributed by atoms with E-state index in [9.17, 15) is 9.59 Å². The molecule has 110 valence electrons. The number of carbonyl (C=O) groups is 2. The van der Waals surface area contributed by atoms with Crippen molar-refractivity contribution in [3.05, 3.63) is 35.9 Å². The smallest absolute Gasteiger partial charge is 0.314 e. The van der Waals surface area contributed by atoms with Crippen LogP contribution < -0.4 is 11.1 Å². The maximum Gasteiger partial charge on any atom is 0.314 e. The molecular weight excluding hydrogens is 256 g/mol. The Morgan fingerprint density at radius 3 is 2.40 bits per heavy atom. The quantitative estimate of drug-likeness (QED) is 0.730. The van der Waals surface area contributed by atoms with Crippen molar-refractivity contribution in [1.29, 1.82) is 0 Å². The Balaban J connectivity index is 2.69. The van der Waals surface area contributed by atoms with Crippen molar-refractivity contribution in [2.75, 3.05) is 20.2 Å². The standard InChI is InChI=1S/C15H22N2O3/c1-15(2,14(16)19)10-17-9-12(13(18)20-3)11-7-5-4-6-8-11/h4-8,12,17H,9-10H2,1-3H3,(H2,16,19). The summed E-state index contributed by atoms with van der Waals surface area (Å²) in [4.78, 5) is 23.1. The molecule has 3 N–H and O–H groups in total. The van der Waals surface area contributed by atoms with E-state index in [2.05, 4.69) is 5.32 Å². The Kier molecular flexibility index (Phi) is 5.70. The minimum Gasteiger partial charge on any atom is -0.469 e. The van der Waals surface area contributed by atoms with Gasteiger partial charge >= 0.3 is 5.97 Å². The minimum atomic E-state index is -0.655. The summed E-state index contributed by atoms with van der Waals surface area (Å²) in [6.45, 7) is 4.33. The van der Waals surface area contributed by atoms with Gasteiger partial charge in [-0.1, -0.05) is 30.3 Å². The summed E-state index contributed by atoms with van der Waals surface area (Å²) in [6, 6.07) is 9.39. The van der Waals surface area contributed by atoms with Gasteiger partial charge in [-0.3, -0.25) is 9.59 Å². The molecular formula is C15H22N2O3. The molecule has 1 aromatic carbocycles. The normalized spacial score (nSPS) is 12.8. The lowest BCUT2D eigenvalue weighted by Gasteiger charge is -2.23. The van der Waals surface area contributed by atoms with Gasteiger partial charge in [0.2, 0.25) is 5.91 Å². The van der Waals surface area contributed by atoms with Crippen molar-refractivity contribution in [2.45, 2.75) is 19.8 Å². The van der Waals surface area contributed by atoms with Gasteiger partial charge in [0.15, 0.2) is 0 Å². The van der Waals surface area contributed by atoms with E-state index in [-0.39, 0.29) is 11.9 Å². The number of benzene rings is 1. The van der Waals surface area contributed by atoms with Crippen LogP contribution in [0.4, 0.5) is 0 Å². The summed E-state index contributed by atoms with van der Waals surface area (Å²) in [6.07, 6.45) is 0. The molecule has 0 spiro atoms. The van der Waals surface area contributed by atoms with Crippen LogP contribution in [0.1, 0.15) is 25.3 Å². The predicted octanol–water partition coefficient (Wildman–Crippen LogP) is 1.04. The molecule has 0 bridgehead atoms. The molecule has 1 rings (SSSR count). The zero-order valence-corrected chi connectivity index (χ0v) is 12.2. The van der Waals surface area contributed by atoms with Crippen LogP contribution >= 0.6 is 0 Å². The molecule has 0 aliphatic rings. The van der Waals surface area contributed by atoms with Crippen molar-refractivity contribution in [1.82, 2.24) is 5.32 Å². The highest BCUT2D eigenvalue weighted by molar-refractivity contribution is 5.80. The average molecular weight is 278 g/mol. The van der Waals surface area contributed by atoms with E-state index in [0.717, 1.165) is 5.56 Å². The van der Waals surface area contributed by atoms with Gasteiger partial charge in [-0.2, -0.15) is 0 Å². The summed E-state index contributed by atoms with van der Waals surface area (Å²) < 4.78 is 4.83. The lowest BCUT2D eigenvalue weighted by molar-refractivity contribution is -0.142. The minimum absolute atomic E-state index is 0.305. The summed E-state index contributed by atoms with van der Waals surface area (Å²) in [5.74, 6) is -1.08. The van der Waals surface area contributed by atoms with Gasteiger partial charge in [0.05, 0.1) is 18.4 Å². The van der Waals surface area contributed by atoms with Crippen LogP contribution in [0.2, 0.25) is 0 Å². The molecule has 0 radical (unpaired) electrons. The van der Waals surface area contributed by atoms with E-state index in [4.69, 9.17) is 10.5 Å². The highest BCUT2D eigenvalue weighted by Crippen LogP contribution is 2.17. The van der Waals surface area contributed by atoms with Gasteiger partial charge < -0.3 is 15.8 Å². The van der Waals surface area contributed by atoms with Gasteiger partial charge in [0.1, 0.15) is 0 Å². The number of nitrogens with one attached hydrogen (secondary N) is 1. The van der Waals surface area contributed by atoms with Gasteiger partial charge in [0.25, 0.3) is 0 Å². The van der Waals surface area contributed by atoms with Crippen molar-refractivity contribution in [3.8, 4) is 0 Å².